The molecule has 0 spiro atoms. The summed E-state index contributed by atoms with van der Waals surface area (Å²) in [4.78, 5) is 13.1. The molecule has 0 aromatic heterocycles. The highest BCUT2D eigenvalue weighted by Gasteiger charge is 2.35. The molecule has 0 aliphatic heterocycles. The molecule has 0 bridgehead atoms. The van der Waals surface area contributed by atoms with Gasteiger partial charge in [0.2, 0.25) is 5.91 Å². The van der Waals surface area contributed by atoms with Gasteiger partial charge in [-0.15, -0.1) is 6.58 Å². The van der Waals surface area contributed by atoms with Crippen molar-refractivity contribution >= 4 is 19.7 Å². The minimum atomic E-state index is -0.417. The average molecular weight is 533 g/mol. The van der Waals surface area contributed by atoms with Gasteiger partial charge in [-0.1, -0.05) is 73.1 Å². The van der Waals surface area contributed by atoms with Crippen LogP contribution in [0, 0.1) is 16.2 Å². The van der Waals surface area contributed by atoms with Crippen molar-refractivity contribution in [3.8, 4) is 0 Å². The molecular weight excluding hydrogens is 475 g/mol. The number of amides is 1. The number of anilines is 1. The Bertz CT molecular complexity index is 871. The molecule has 1 aromatic rings. The Labute approximate surface area is 230 Å². The van der Waals surface area contributed by atoms with Crippen LogP contribution < -0.4 is 10.4 Å². The molecule has 2 atom stereocenters. The molecule has 2 N–H and O–H groups in total. The summed E-state index contributed by atoms with van der Waals surface area (Å²) in [6, 6.07) is 8.82. The molecule has 2 unspecified atom stereocenters. The first-order valence-corrected chi connectivity index (χ1v) is 15.9. The Morgan fingerprint density at radius 1 is 1.05 bits per heavy atom. The molecule has 0 aliphatic rings. The lowest BCUT2D eigenvalue weighted by Crippen LogP contribution is -2.44. The van der Waals surface area contributed by atoms with Gasteiger partial charge in [-0.2, -0.15) is 0 Å². The molecule has 0 radical (unpaired) electrons. The van der Waals surface area contributed by atoms with Gasteiger partial charge in [0.05, 0.1) is 6.10 Å². The van der Waals surface area contributed by atoms with Crippen LogP contribution in [0.3, 0.4) is 0 Å². The van der Waals surface area contributed by atoms with Crippen LogP contribution >= 0.6 is 8.07 Å². The second kappa shape index (κ2) is 13.6. The minimum Gasteiger partial charge on any atom is -0.378 e. The monoisotopic (exact) mass is 532 g/mol. The topological polar surface area (TPSA) is 50.4 Å². The maximum atomic E-state index is 13.1. The Morgan fingerprint density at radius 2 is 1.62 bits per heavy atom. The lowest BCUT2D eigenvalue weighted by atomic mass is 9.72. The lowest BCUT2D eigenvalue weighted by molar-refractivity contribution is -0.130. The zero-order valence-electron chi connectivity index (χ0n) is 26.1. The molecule has 37 heavy (non-hydrogen) atoms. The van der Waals surface area contributed by atoms with Crippen molar-refractivity contribution in [1.82, 2.24) is 5.32 Å². The predicted octanol–water partition coefficient (Wildman–Crippen LogP) is 8.77. The van der Waals surface area contributed by atoms with E-state index in [9.17, 15) is 4.79 Å². The van der Waals surface area contributed by atoms with E-state index in [1.807, 2.05) is 6.92 Å². The fraction of sp³-hybridized carbons (Fsp3) is 0.719. The summed E-state index contributed by atoms with van der Waals surface area (Å²) < 4.78 is 5.87. The van der Waals surface area contributed by atoms with Gasteiger partial charge in [0.15, 0.2) is 0 Å². The Hall–Kier alpha value is -1.38. The van der Waals surface area contributed by atoms with E-state index in [0.717, 1.165) is 37.7 Å². The van der Waals surface area contributed by atoms with E-state index in [4.69, 9.17) is 4.74 Å². The van der Waals surface area contributed by atoms with Crippen LogP contribution in [0.4, 0.5) is 5.69 Å². The highest BCUT2D eigenvalue weighted by Crippen LogP contribution is 2.39. The number of carbonyl (C=O) groups excluding carboxylic acids is 1. The average Bonchev–Trinajstić information content (AvgIpc) is 2.75. The van der Waals surface area contributed by atoms with Crippen molar-refractivity contribution in [2.75, 3.05) is 31.1 Å². The van der Waals surface area contributed by atoms with Crippen LogP contribution in [0.5, 0.6) is 0 Å². The van der Waals surface area contributed by atoms with Gasteiger partial charge in [-0.05, 0) is 94.9 Å². The lowest BCUT2D eigenvalue weighted by Gasteiger charge is -2.39. The summed E-state index contributed by atoms with van der Waals surface area (Å²) in [6.07, 6.45) is 3.99. The Morgan fingerprint density at radius 3 is 2.14 bits per heavy atom. The van der Waals surface area contributed by atoms with Gasteiger partial charge < -0.3 is 15.1 Å². The molecule has 0 saturated carbocycles. The number of allylic oxidation sites excluding steroid dienone is 1. The number of ether oxygens (including phenoxy) is 1. The van der Waals surface area contributed by atoms with Crippen molar-refractivity contribution in [3.05, 3.63) is 42.0 Å². The third-order valence-electron chi connectivity index (χ3n) is 7.60. The van der Waals surface area contributed by atoms with Crippen LogP contribution in [-0.4, -0.2) is 38.0 Å². The van der Waals surface area contributed by atoms with Crippen molar-refractivity contribution < 1.29 is 9.53 Å². The molecule has 1 aromatic carbocycles. The highest BCUT2D eigenvalue weighted by molar-refractivity contribution is 7.58. The van der Waals surface area contributed by atoms with Gasteiger partial charge in [-0.25, -0.2) is 0 Å². The van der Waals surface area contributed by atoms with Gasteiger partial charge >= 0.3 is 0 Å². The summed E-state index contributed by atoms with van der Waals surface area (Å²) >= 11 is 0. The number of benzene rings is 1. The number of hydrogen-bond acceptors (Lipinski definition) is 3. The van der Waals surface area contributed by atoms with Crippen molar-refractivity contribution in [1.29, 1.82) is 0 Å². The normalized spacial score (nSPS) is 14.7. The minimum absolute atomic E-state index is 0.00930. The first kappa shape index (κ1) is 33.6. The first-order valence-electron chi connectivity index (χ1n) is 13.9. The number of hydrogen-bond donors (Lipinski definition) is 2. The maximum absolute atomic E-state index is 13.1. The fourth-order valence-electron chi connectivity index (χ4n) is 5.16. The van der Waals surface area contributed by atoms with E-state index < -0.39 is 13.5 Å². The molecule has 1 rings (SSSR count). The van der Waals surface area contributed by atoms with Crippen LogP contribution in [0.25, 0.3) is 0 Å². The molecular formula is C32H57N2O2P. The standard InChI is InChI=1S/C32H57N2O2P/c1-14-36-25(4)32(11,12)22-29(5,6)23-33-28(35)30(7,8)19-20-37(13)34-27-17-15-26(16-18-27)31(9,10)21-24(2)3/h15-18,25,34H,2,14,19-23H2,1,3-13H3,(H,33,35). The molecule has 0 saturated heterocycles. The van der Waals surface area contributed by atoms with Crippen molar-refractivity contribution in [2.45, 2.75) is 107 Å². The Kier molecular flexibility index (Phi) is 12.4. The molecule has 0 fully saturated rings. The van der Waals surface area contributed by atoms with Gasteiger partial charge in [-0.3, -0.25) is 4.79 Å². The smallest absolute Gasteiger partial charge is 0.225 e. The molecule has 0 heterocycles. The quantitative estimate of drug-likeness (QED) is 0.165. The zero-order valence-corrected chi connectivity index (χ0v) is 27.0. The number of rotatable bonds is 16. The van der Waals surface area contributed by atoms with Crippen LogP contribution in [0.15, 0.2) is 36.4 Å². The molecule has 5 heteroatoms. The van der Waals surface area contributed by atoms with E-state index >= 15 is 0 Å². The molecule has 0 aliphatic carbocycles. The van der Waals surface area contributed by atoms with E-state index in [-0.39, 0.29) is 28.3 Å². The van der Waals surface area contributed by atoms with E-state index in [0.29, 0.717) is 6.54 Å². The van der Waals surface area contributed by atoms with Crippen molar-refractivity contribution in [2.24, 2.45) is 16.2 Å². The first-order chi connectivity index (χ1) is 16.8. The van der Waals surface area contributed by atoms with E-state index in [1.54, 1.807) is 0 Å². The summed E-state index contributed by atoms with van der Waals surface area (Å²) in [6.45, 7) is 31.7. The second-order valence-corrected chi connectivity index (χ2v) is 15.9. The second-order valence-electron chi connectivity index (χ2n) is 13.9. The van der Waals surface area contributed by atoms with Crippen LogP contribution in [0.1, 0.15) is 101 Å². The van der Waals surface area contributed by atoms with E-state index in [2.05, 4.69) is 117 Å². The zero-order chi connectivity index (χ0) is 28.7. The summed E-state index contributed by atoms with van der Waals surface area (Å²) in [5, 5.41) is 6.94. The molecule has 212 valence electrons. The van der Waals surface area contributed by atoms with Crippen LogP contribution in [0.2, 0.25) is 0 Å². The van der Waals surface area contributed by atoms with E-state index in [1.165, 1.54) is 11.1 Å². The van der Waals surface area contributed by atoms with Gasteiger partial charge in [0.25, 0.3) is 0 Å². The van der Waals surface area contributed by atoms with Gasteiger partial charge in [0, 0.05) is 24.3 Å². The SMILES string of the molecule is C=C(C)CC(C)(C)c1ccc(NP(C)CCC(C)(C)C(=O)NCC(C)(C)CC(C)(C)C(C)OCC)cc1. The highest BCUT2D eigenvalue weighted by atomic mass is 31.1. The largest absolute Gasteiger partial charge is 0.378 e. The fourth-order valence-corrected chi connectivity index (χ4v) is 6.76. The summed E-state index contributed by atoms with van der Waals surface area (Å²) in [5.41, 5.74) is 3.41. The maximum Gasteiger partial charge on any atom is 0.225 e. The summed E-state index contributed by atoms with van der Waals surface area (Å²) in [5.74, 6) is 0.142. The number of nitrogens with one attached hydrogen (secondary N) is 2. The number of carbonyl (C=O) groups is 1. The molecule has 1 amide bonds. The predicted molar refractivity (Wildman–Crippen MR) is 165 cm³/mol. The van der Waals surface area contributed by atoms with Crippen molar-refractivity contribution in [3.63, 3.8) is 0 Å². The third kappa shape index (κ3) is 11.5. The van der Waals surface area contributed by atoms with Crippen LogP contribution in [-0.2, 0) is 14.9 Å². The Balaban J connectivity index is 2.61. The third-order valence-corrected chi connectivity index (χ3v) is 9.13. The molecule has 4 nitrogen and oxygen atoms in total. The van der Waals surface area contributed by atoms with Gasteiger partial charge in [0.1, 0.15) is 0 Å². The summed E-state index contributed by atoms with van der Waals surface area (Å²) in [7, 11) is -0.417.